The predicted molar refractivity (Wildman–Crippen MR) is 93.9 cm³/mol. The molecule has 0 bridgehead atoms. The summed E-state index contributed by atoms with van der Waals surface area (Å²) in [5.41, 5.74) is 0.861. The molecule has 4 aromatic carbocycles. The van der Waals surface area contributed by atoms with Crippen LogP contribution in [0.15, 0.2) is 54.6 Å². The minimum atomic E-state index is 0.243. The second-order valence-electron chi connectivity index (χ2n) is 6.49. The molecule has 0 aliphatic carbocycles. The maximum Gasteiger partial charge on any atom is 0.163 e. The molecule has 22 heavy (non-hydrogen) atoms. The number of Topliss-reactive ketones (excluding diaryl/α,β-unsaturated/α-hetero) is 1. The van der Waals surface area contributed by atoms with Gasteiger partial charge in [0.15, 0.2) is 5.78 Å². The monoisotopic (exact) mass is 286 g/mol. The van der Waals surface area contributed by atoms with Gasteiger partial charge in [-0.2, -0.15) is 0 Å². The summed E-state index contributed by atoms with van der Waals surface area (Å²) >= 11 is 0. The average Bonchev–Trinajstić information content (AvgIpc) is 2.51. The molecule has 108 valence electrons. The van der Waals surface area contributed by atoms with Crippen LogP contribution in [0, 0.1) is 5.92 Å². The lowest BCUT2D eigenvalue weighted by Crippen LogP contribution is -2.04. The Balaban J connectivity index is 2.10. The van der Waals surface area contributed by atoms with Crippen molar-refractivity contribution in [2.75, 3.05) is 0 Å². The second kappa shape index (κ2) is 4.81. The Labute approximate surface area is 129 Å². The van der Waals surface area contributed by atoms with Crippen LogP contribution in [0.25, 0.3) is 32.3 Å². The summed E-state index contributed by atoms with van der Waals surface area (Å²) in [5, 5.41) is 7.28. The topological polar surface area (TPSA) is 17.1 Å². The maximum atomic E-state index is 12.6. The molecule has 0 saturated heterocycles. The molecule has 0 unspecified atom stereocenters. The van der Waals surface area contributed by atoms with Crippen LogP contribution in [-0.2, 0) is 0 Å². The van der Waals surface area contributed by atoms with Gasteiger partial charge in [-0.05, 0) is 38.2 Å². The van der Waals surface area contributed by atoms with Gasteiger partial charge in [0.2, 0.25) is 0 Å². The van der Waals surface area contributed by atoms with Crippen LogP contribution in [0.4, 0.5) is 0 Å². The maximum absolute atomic E-state index is 12.6. The van der Waals surface area contributed by atoms with Crippen LogP contribution in [0.3, 0.4) is 0 Å². The number of hydrogen-bond donors (Lipinski definition) is 0. The van der Waals surface area contributed by atoms with Gasteiger partial charge in [0.05, 0.1) is 0 Å². The zero-order valence-electron chi connectivity index (χ0n) is 12.9. The second-order valence-corrected chi connectivity index (χ2v) is 6.49. The zero-order valence-corrected chi connectivity index (χ0v) is 12.9. The molecule has 0 N–H and O–H groups in total. The molecule has 0 radical (unpaired) electrons. The fourth-order valence-corrected chi connectivity index (χ4v) is 3.46. The van der Waals surface area contributed by atoms with E-state index in [4.69, 9.17) is 0 Å². The Hall–Kier alpha value is -2.41. The number of carbonyl (C=O) groups excluding carboxylic acids is 1. The molecule has 0 amide bonds. The third-order valence-electron chi connectivity index (χ3n) is 4.42. The molecule has 0 aliphatic rings. The highest BCUT2D eigenvalue weighted by Crippen LogP contribution is 2.36. The van der Waals surface area contributed by atoms with Crippen molar-refractivity contribution in [2.45, 2.75) is 20.3 Å². The van der Waals surface area contributed by atoms with Gasteiger partial charge < -0.3 is 0 Å². The van der Waals surface area contributed by atoms with Crippen LogP contribution in [-0.4, -0.2) is 5.78 Å². The van der Waals surface area contributed by atoms with Crippen LogP contribution >= 0.6 is 0 Å². The van der Waals surface area contributed by atoms with E-state index in [0.717, 1.165) is 10.9 Å². The normalized spacial score (nSPS) is 12.0. The molecule has 1 nitrogen and oxygen atoms in total. The largest absolute Gasteiger partial charge is 0.294 e. The number of carbonyl (C=O) groups is 1. The first-order chi connectivity index (χ1) is 10.6. The van der Waals surface area contributed by atoms with Gasteiger partial charge in [0.25, 0.3) is 0 Å². The fourth-order valence-electron chi connectivity index (χ4n) is 3.46. The summed E-state index contributed by atoms with van der Waals surface area (Å²) in [6.07, 6.45) is 0.601. The Morgan fingerprint density at radius 1 is 0.818 bits per heavy atom. The number of ketones is 1. The van der Waals surface area contributed by atoms with Crippen LogP contribution in [0.2, 0.25) is 0 Å². The van der Waals surface area contributed by atoms with Gasteiger partial charge >= 0.3 is 0 Å². The predicted octanol–water partition coefficient (Wildman–Crippen LogP) is 5.81. The summed E-state index contributed by atoms with van der Waals surface area (Å²) in [4.78, 5) is 12.6. The van der Waals surface area contributed by atoms with Crippen molar-refractivity contribution in [3.63, 3.8) is 0 Å². The Bertz CT molecular complexity index is 979. The van der Waals surface area contributed by atoms with Crippen molar-refractivity contribution >= 4 is 38.1 Å². The van der Waals surface area contributed by atoms with Gasteiger partial charge in [-0.1, -0.05) is 68.4 Å². The summed E-state index contributed by atoms with van der Waals surface area (Å²) < 4.78 is 0. The Kier molecular flexibility index (Phi) is 2.90. The summed E-state index contributed by atoms with van der Waals surface area (Å²) in [6.45, 7) is 4.18. The summed E-state index contributed by atoms with van der Waals surface area (Å²) in [5.74, 6) is 0.624. The number of benzene rings is 4. The molecule has 0 atom stereocenters. The minimum Gasteiger partial charge on any atom is -0.294 e. The zero-order chi connectivity index (χ0) is 15.3. The van der Waals surface area contributed by atoms with E-state index in [9.17, 15) is 4.79 Å². The van der Waals surface area contributed by atoms with E-state index in [0.29, 0.717) is 12.3 Å². The van der Waals surface area contributed by atoms with Crippen LogP contribution in [0.1, 0.15) is 30.6 Å². The molecule has 0 saturated carbocycles. The van der Waals surface area contributed by atoms with E-state index in [1.807, 2.05) is 6.07 Å². The van der Waals surface area contributed by atoms with E-state index in [2.05, 4.69) is 62.4 Å². The van der Waals surface area contributed by atoms with Crippen molar-refractivity contribution < 1.29 is 4.79 Å². The summed E-state index contributed by atoms with van der Waals surface area (Å²) in [6, 6.07) is 19.0. The fraction of sp³-hybridized carbons (Fsp3) is 0.190. The van der Waals surface area contributed by atoms with Gasteiger partial charge in [-0.3, -0.25) is 4.79 Å². The molecule has 4 rings (SSSR count). The first-order valence-electron chi connectivity index (χ1n) is 7.85. The smallest absolute Gasteiger partial charge is 0.163 e. The Morgan fingerprint density at radius 2 is 1.41 bits per heavy atom. The van der Waals surface area contributed by atoms with E-state index in [-0.39, 0.29) is 5.78 Å². The van der Waals surface area contributed by atoms with E-state index in [1.54, 1.807) is 0 Å². The molecular formula is C21H18O. The van der Waals surface area contributed by atoms with Crippen molar-refractivity contribution in [3.05, 3.63) is 60.2 Å². The van der Waals surface area contributed by atoms with E-state index >= 15 is 0 Å². The standard InChI is InChI=1S/C21H18O/c1-13(2)12-19(22)17-10-8-16-7-6-14-4-3-5-15-9-11-18(17)21(16)20(14)15/h3-11,13H,12H2,1-2H3. The lowest BCUT2D eigenvalue weighted by molar-refractivity contribution is 0.0969. The van der Waals surface area contributed by atoms with Crippen molar-refractivity contribution in [1.82, 2.24) is 0 Å². The first kappa shape index (κ1) is 13.3. The molecule has 0 heterocycles. The third-order valence-corrected chi connectivity index (χ3v) is 4.42. The molecule has 0 spiro atoms. The quantitative estimate of drug-likeness (QED) is 0.343. The Morgan fingerprint density at radius 3 is 2.09 bits per heavy atom. The SMILES string of the molecule is CC(C)CC(=O)c1ccc2ccc3cccc4ccc1c2c34. The van der Waals surface area contributed by atoms with E-state index < -0.39 is 0 Å². The lowest BCUT2D eigenvalue weighted by atomic mass is 9.89. The highest BCUT2D eigenvalue weighted by molar-refractivity contribution is 6.26. The van der Waals surface area contributed by atoms with Gasteiger partial charge in [0.1, 0.15) is 0 Å². The van der Waals surface area contributed by atoms with Crippen molar-refractivity contribution in [1.29, 1.82) is 0 Å². The highest BCUT2D eigenvalue weighted by atomic mass is 16.1. The lowest BCUT2D eigenvalue weighted by Gasteiger charge is -2.13. The molecule has 0 aliphatic heterocycles. The molecule has 4 aromatic rings. The summed E-state index contributed by atoms with van der Waals surface area (Å²) in [7, 11) is 0. The number of rotatable bonds is 3. The first-order valence-corrected chi connectivity index (χ1v) is 7.85. The molecule has 0 aromatic heterocycles. The molecule has 1 heteroatoms. The van der Waals surface area contributed by atoms with Gasteiger partial charge in [-0.15, -0.1) is 0 Å². The van der Waals surface area contributed by atoms with Crippen LogP contribution in [0.5, 0.6) is 0 Å². The molecular weight excluding hydrogens is 268 g/mol. The van der Waals surface area contributed by atoms with Gasteiger partial charge in [0, 0.05) is 12.0 Å². The van der Waals surface area contributed by atoms with Gasteiger partial charge in [-0.25, -0.2) is 0 Å². The van der Waals surface area contributed by atoms with E-state index in [1.165, 1.54) is 26.9 Å². The highest BCUT2D eigenvalue weighted by Gasteiger charge is 2.15. The minimum absolute atomic E-state index is 0.243. The third kappa shape index (κ3) is 1.89. The van der Waals surface area contributed by atoms with Crippen LogP contribution < -0.4 is 0 Å². The molecule has 0 fully saturated rings. The van der Waals surface area contributed by atoms with Crippen molar-refractivity contribution in [3.8, 4) is 0 Å². The van der Waals surface area contributed by atoms with Crippen molar-refractivity contribution in [2.24, 2.45) is 5.92 Å². The number of hydrogen-bond acceptors (Lipinski definition) is 1. The average molecular weight is 286 g/mol.